The van der Waals surface area contributed by atoms with Crippen molar-refractivity contribution in [2.45, 2.75) is 6.10 Å². The fourth-order valence-electron chi connectivity index (χ4n) is 2.12. The third kappa shape index (κ3) is 2.54. The van der Waals surface area contributed by atoms with Crippen LogP contribution in [-0.2, 0) is 4.74 Å². The van der Waals surface area contributed by atoms with Gasteiger partial charge in [0.15, 0.2) is 5.82 Å². The zero-order valence-corrected chi connectivity index (χ0v) is 11.2. The number of hydrogen-bond donors (Lipinski definition) is 0. The molecule has 1 aliphatic rings. The SMILES string of the molecule is [N-]=[N+]=NC[C@H]1CN(c2ccc(-n3nccn3)c(F)c2)C(=O)O1. The van der Waals surface area contributed by atoms with E-state index in [0.29, 0.717) is 5.69 Å². The molecule has 2 aromatic rings. The van der Waals surface area contributed by atoms with Crippen LogP contribution in [0.3, 0.4) is 0 Å². The minimum absolute atomic E-state index is 0.0382. The van der Waals surface area contributed by atoms with Gasteiger partial charge in [0, 0.05) is 11.0 Å². The molecule has 1 aromatic heterocycles. The van der Waals surface area contributed by atoms with Crippen LogP contribution in [0.25, 0.3) is 16.1 Å². The number of benzene rings is 1. The summed E-state index contributed by atoms with van der Waals surface area (Å²) in [6, 6.07) is 4.24. The highest BCUT2D eigenvalue weighted by Crippen LogP contribution is 2.25. The first-order valence-corrected chi connectivity index (χ1v) is 6.34. The summed E-state index contributed by atoms with van der Waals surface area (Å²) in [4.78, 5) is 16.8. The highest BCUT2D eigenvalue weighted by atomic mass is 19.1. The van der Waals surface area contributed by atoms with Crippen molar-refractivity contribution >= 4 is 11.8 Å². The van der Waals surface area contributed by atoms with Crippen LogP contribution in [0.5, 0.6) is 0 Å². The van der Waals surface area contributed by atoms with Gasteiger partial charge in [0.2, 0.25) is 0 Å². The Balaban J connectivity index is 1.82. The van der Waals surface area contributed by atoms with Crippen LogP contribution in [0.1, 0.15) is 0 Å². The summed E-state index contributed by atoms with van der Waals surface area (Å²) in [5.74, 6) is -0.569. The molecule has 22 heavy (non-hydrogen) atoms. The van der Waals surface area contributed by atoms with E-state index in [1.807, 2.05) is 0 Å². The molecule has 0 N–H and O–H groups in total. The van der Waals surface area contributed by atoms with Gasteiger partial charge in [-0.2, -0.15) is 10.2 Å². The Bertz CT molecular complexity index is 742. The molecule has 1 atom stereocenters. The molecule has 1 saturated heterocycles. The van der Waals surface area contributed by atoms with E-state index >= 15 is 0 Å². The molecule has 3 rings (SSSR count). The van der Waals surface area contributed by atoms with Crippen LogP contribution >= 0.6 is 0 Å². The van der Waals surface area contributed by atoms with E-state index in [1.165, 1.54) is 29.4 Å². The van der Waals surface area contributed by atoms with Crippen LogP contribution in [0, 0.1) is 5.82 Å². The summed E-state index contributed by atoms with van der Waals surface area (Å²) < 4.78 is 19.2. The largest absolute Gasteiger partial charge is 0.444 e. The van der Waals surface area contributed by atoms with E-state index in [1.54, 1.807) is 6.07 Å². The number of hydrogen-bond acceptors (Lipinski definition) is 5. The standard InChI is InChI=1S/C12H10FN7O2/c13-10-5-8(1-2-11(10)20-16-3-4-17-20)19-7-9(6-15-18-14)22-12(19)21/h1-5,9H,6-7H2/t9-/m0/s1. The number of ether oxygens (including phenoxy) is 1. The van der Waals surface area contributed by atoms with Crippen molar-refractivity contribution < 1.29 is 13.9 Å². The van der Waals surface area contributed by atoms with E-state index in [2.05, 4.69) is 20.2 Å². The number of carbonyl (C=O) groups excluding carboxylic acids is 1. The number of carbonyl (C=O) groups is 1. The van der Waals surface area contributed by atoms with E-state index in [9.17, 15) is 9.18 Å². The predicted octanol–water partition coefficient (Wildman–Crippen LogP) is 2.04. The maximum atomic E-state index is 14.1. The van der Waals surface area contributed by atoms with Gasteiger partial charge in [-0.05, 0) is 17.7 Å². The fourth-order valence-corrected chi connectivity index (χ4v) is 2.12. The third-order valence-electron chi connectivity index (χ3n) is 3.10. The molecule has 9 nitrogen and oxygen atoms in total. The maximum absolute atomic E-state index is 14.1. The second-order valence-electron chi connectivity index (χ2n) is 4.48. The fraction of sp³-hybridized carbons (Fsp3) is 0.250. The van der Waals surface area contributed by atoms with E-state index in [-0.39, 0.29) is 18.8 Å². The summed E-state index contributed by atoms with van der Waals surface area (Å²) >= 11 is 0. The normalized spacial score (nSPS) is 17.2. The summed E-state index contributed by atoms with van der Waals surface area (Å²) in [5.41, 5.74) is 8.80. The minimum Gasteiger partial charge on any atom is -0.444 e. The van der Waals surface area contributed by atoms with Crippen molar-refractivity contribution in [3.05, 3.63) is 46.9 Å². The van der Waals surface area contributed by atoms with Crippen LogP contribution in [0.4, 0.5) is 14.9 Å². The number of cyclic esters (lactones) is 1. The topological polar surface area (TPSA) is 109 Å². The van der Waals surface area contributed by atoms with Crippen molar-refractivity contribution in [2.24, 2.45) is 5.11 Å². The van der Waals surface area contributed by atoms with Gasteiger partial charge in [-0.15, -0.1) is 4.80 Å². The van der Waals surface area contributed by atoms with Gasteiger partial charge in [-0.3, -0.25) is 4.90 Å². The van der Waals surface area contributed by atoms with Crippen LogP contribution in [0.15, 0.2) is 35.7 Å². The van der Waals surface area contributed by atoms with Gasteiger partial charge in [-0.1, -0.05) is 5.11 Å². The number of halogens is 1. The Morgan fingerprint density at radius 3 is 2.91 bits per heavy atom. The first kappa shape index (κ1) is 13.8. The van der Waals surface area contributed by atoms with Crippen molar-refractivity contribution in [2.75, 3.05) is 18.0 Å². The monoisotopic (exact) mass is 303 g/mol. The second kappa shape index (κ2) is 5.70. The zero-order valence-electron chi connectivity index (χ0n) is 11.2. The van der Waals surface area contributed by atoms with Gasteiger partial charge in [-0.25, -0.2) is 9.18 Å². The van der Waals surface area contributed by atoms with Gasteiger partial charge in [0.25, 0.3) is 0 Å². The average Bonchev–Trinajstić information content (AvgIpc) is 3.14. The van der Waals surface area contributed by atoms with E-state index < -0.39 is 18.0 Å². The summed E-state index contributed by atoms with van der Waals surface area (Å²) in [6.45, 7) is 0.229. The van der Waals surface area contributed by atoms with Crippen LogP contribution < -0.4 is 4.90 Å². The molecule has 1 aromatic carbocycles. The first-order chi connectivity index (χ1) is 10.7. The van der Waals surface area contributed by atoms with Crippen LogP contribution in [0.2, 0.25) is 0 Å². The van der Waals surface area contributed by atoms with E-state index in [0.717, 1.165) is 4.80 Å². The quantitative estimate of drug-likeness (QED) is 0.489. The molecule has 0 unspecified atom stereocenters. The van der Waals surface area contributed by atoms with Crippen molar-refractivity contribution in [3.8, 4) is 5.69 Å². The third-order valence-corrected chi connectivity index (χ3v) is 3.10. The Morgan fingerprint density at radius 1 is 1.45 bits per heavy atom. The van der Waals surface area contributed by atoms with Gasteiger partial charge >= 0.3 is 6.09 Å². The Labute approximate surface area is 123 Å². The number of anilines is 1. The molecular weight excluding hydrogens is 293 g/mol. The molecule has 10 heteroatoms. The number of azide groups is 1. The summed E-state index contributed by atoms with van der Waals surface area (Å²) in [5, 5.41) is 11.1. The molecule has 0 radical (unpaired) electrons. The highest BCUT2D eigenvalue weighted by Gasteiger charge is 2.32. The Hall–Kier alpha value is -3.13. The van der Waals surface area contributed by atoms with Crippen LogP contribution in [-0.4, -0.2) is 40.3 Å². The first-order valence-electron chi connectivity index (χ1n) is 6.34. The molecule has 0 bridgehead atoms. The lowest BCUT2D eigenvalue weighted by Gasteiger charge is -2.13. The minimum atomic E-state index is -0.609. The van der Waals surface area contributed by atoms with Gasteiger partial charge < -0.3 is 4.74 Å². The lowest BCUT2D eigenvalue weighted by molar-refractivity contribution is 0.145. The molecule has 2 heterocycles. The summed E-state index contributed by atoms with van der Waals surface area (Å²) in [7, 11) is 0. The summed E-state index contributed by atoms with van der Waals surface area (Å²) in [6.07, 6.45) is 1.72. The zero-order chi connectivity index (χ0) is 15.5. The second-order valence-corrected chi connectivity index (χ2v) is 4.48. The van der Waals surface area contributed by atoms with E-state index in [4.69, 9.17) is 10.3 Å². The van der Waals surface area contributed by atoms with Crippen molar-refractivity contribution in [3.63, 3.8) is 0 Å². The lowest BCUT2D eigenvalue weighted by atomic mass is 10.2. The van der Waals surface area contributed by atoms with Crippen molar-refractivity contribution in [1.29, 1.82) is 0 Å². The molecular formula is C12H10FN7O2. The molecule has 112 valence electrons. The van der Waals surface area contributed by atoms with Gasteiger partial charge in [0.1, 0.15) is 11.8 Å². The molecule has 1 amide bonds. The average molecular weight is 303 g/mol. The van der Waals surface area contributed by atoms with Crippen molar-refractivity contribution in [1.82, 2.24) is 15.0 Å². The highest BCUT2D eigenvalue weighted by molar-refractivity contribution is 5.89. The number of rotatable bonds is 4. The lowest BCUT2D eigenvalue weighted by Crippen LogP contribution is -2.25. The van der Waals surface area contributed by atoms with Gasteiger partial charge in [0.05, 0.1) is 31.2 Å². The molecule has 1 fully saturated rings. The smallest absolute Gasteiger partial charge is 0.414 e. The maximum Gasteiger partial charge on any atom is 0.414 e. The number of amides is 1. The Kier molecular flexibility index (Phi) is 3.58. The Morgan fingerprint density at radius 2 is 2.23 bits per heavy atom. The molecule has 0 saturated carbocycles. The molecule has 0 aliphatic carbocycles. The number of nitrogens with zero attached hydrogens (tertiary/aromatic N) is 7. The number of aromatic nitrogens is 3. The molecule has 0 spiro atoms. The predicted molar refractivity (Wildman–Crippen MR) is 72.9 cm³/mol. The molecule has 1 aliphatic heterocycles.